The highest BCUT2D eigenvalue weighted by Gasteiger charge is 2.23. The van der Waals surface area contributed by atoms with Gasteiger partial charge in [0.25, 0.3) is 5.91 Å². The van der Waals surface area contributed by atoms with E-state index in [1.165, 1.54) is 24.9 Å². The normalized spacial score (nSPS) is 11.7. The summed E-state index contributed by atoms with van der Waals surface area (Å²) in [4.78, 5) is 29.3. The third-order valence-corrected chi connectivity index (χ3v) is 5.07. The first-order chi connectivity index (χ1) is 14.0. The zero-order chi connectivity index (χ0) is 20.8. The number of amides is 1. The summed E-state index contributed by atoms with van der Waals surface area (Å²) in [6.07, 6.45) is 2.38. The summed E-state index contributed by atoms with van der Waals surface area (Å²) in [7, 11) is 0. The minimum atomic E-state index is -0.952. The first-order valence-corrected chi connectivity index (χ1v) is 10.5. The summed E-state index contributed by atoms with van der Waals surface area (Å²) in [6, 6.07) is 16.5. The van der Waals surface area contributed by atoms with Crippen LogP contribution in [0, 0.1) is 0 Å². The van der Waals surface area contributed by atoms with Gasteiger partial charge in [-0.2, -0.15) is 0 Å². The van der Waals surface area contributed by atoms with Crippen LogP contribution in [0.2, 0.25) is 5.02 Å². The monoisotopic (exact) mass is 429 g/mol. The van der Waals surface area contributed by atoms with Crippen LogP contribution >= 0.6 is 23.4 Å². The van der Waals surface area contributed by atoms with Gasteiger partial charge in [-0.05, 0) is 43.0 Å². The number of nitrogens with one attached hydrogen (secondary N) is 1. The van der Waals surface area contributed by atoms with Crippen LogP contribution in [-0.2, 0) is 16.1 Å². The average molecular weight is 430 g/mol. The summed E-state index contributed by atoms with van der Waals surface area (Å²) < 4.78 is 7.10. The van der Waals surface area contributed by atoms with Gasteiger partial charge in [0.2, 0.25) is 0 Å². The van der Waals surface area contributed by atoms with Crippen molar-refractivity contribution < 1.29 is 14.3 Å². The summed E-state index contributed by atoms with van der Waals surface area (Å²) in [5.41, 5.74) is 1.95. The predicted octanol–water partition coefficient (Wildman–Crippen LogP) is 4.11. The van der Waals surface area contributed by atoms with Crippen molar-refractivity contribution in [1.82, 2.24) is 14.9 Å². The van der Waals surface area contributed by atoms with E-state index in [1.54, 1.807) is 16.7 Å². The van der Waals surface area contributed by atoms with Crippen molar-refractivity contribution in [3.8, 4) is 5.69 Å². The van der Waals surface area contributed by atoms with E-state index in [9.17, 15) is 9.59 Å². The Morgan fingerprint density at radius 2 is 1.86 bits per heavy atom. The molecule has 0 spiro atoms. The number of hydrogen-bond acceptors (Lipinski definition) is 5. The van der Waals surface area contributed by atoms with Gasteiger partial charge in [0.1, 0.15) is 0 Å². The molecule has 0 radical (unpaired) electrons. The third-order valence-electron chi connectivity index (χ3n) is 4.17. The number of nitrogens with zero attached hydrogens (tertiary/aromatic N) is 2. The Bertz CT molecular complexity index is 990. The maximum atomic E-state index is 12.7. The quantitative estimate of drug-likeness (QED) is 0.452. The van der Waals surface area contributed by atoms with Crippen molar-refractivity contribution in [2.45, 2.75) is 24.7 Å². The number of esters is 1. The molecule has 0 bridgehead atoms. The van der Waals surface area contributed by atoms with Gasteiger partial charge >= 0.3 is 5.97 Å². The smallest absolute Gasteiger partial charge is 0.357 e. The number of aromatic nitrogens is 2. The van der Waals surface area contributed by atoms with Crippen molar-refractivity contribution in [2.24, 2.45) is 0 Å². The largest absolute Gasteiger partial charge is 0.448 e. The average Bonchev–Trinajstić information content (AvgIpc) is 3.18. The van der Waals surface area contributed by atoms with Gasteiger partial charge in [0.05, 0.1) is 6.20 Å². The fourth-order valence-electron chi connectivity index (χ4n) is 2.66. The second-order valence-corrected chi connectivity index (χ2v) is 7.40. The molecule has 2 aromatic carbocycles. The highest BCUT2D eigenvalue weighted by atomic mass is 35.5. The van der Waals surface area contributed by atoms with E-state index in [4.69, 9.17) is 16.3 Å². The minimum absolute atomic E-state index is 0.262. The number of thioether (sulfide) groups is 1. The molecule has 8 heteroatoms. The van der Waals surface area contributed by atoms with Gasteiger partial charge in [-0.25, -0.2) is 9.78 Å². The van der Waals surface area contributed by atoms with Gasteiger partial charge in [-0.15, -0.1) is 0 Å². The lowest BCUT2D eigenvalue weighted by atomic mass is 10.2. The van der Waals surface area contributed by atoms with Crippen molar-refractivity contribution in [2.75, 3.05) is 6.26 Å². The Kier molecular flexibility index (Phi) is 6.95. The molecule has 3 aromatic rings. The van der Waals surface area contributed by atoms with Gasteiger partial charge < -0.3 is 10.1 Å². The number of para-hydroxylation sites is 1. The molecule has 0 fully saturated rings. The third kappa shape index (κ3) is 5.19. The van der Waals surface area contributed by atoms with Crippen LogP contribution in [0.5, 0.6) is 0 Å². The molecule has 1 aromatic heterocycles. The number of carbonyl (C=O) groups is 2. The Morgan fingerprint density at radius 1 is 1.17 bits per heavy atom. The lowest BCUT2D eigenvalue weighted by Gasteiger charge is -2.15. The van der Waals surface area contributed by atoms with Crippen LogP contribution in [0.15, 0.2) is 66.0 Å². The molecule has 0 aliphatic heterocycles. The molecule has 0 saturated heterocycles. The first kappa shape index (κ1) is 21.0. The first-order valence-electron chi connectivity index (χ1n) is 8.90. The summed E-state index contributed by atoms with van der Waals surface area (Å²) in [6.45, 7) is 1.85. The molecular weight excluding hydrogens is 410 g/mol. The molecule has 0 saturated carbocycles. The van der Waals surface area contributed by atoms with E-state index in [-0.39, 0.29) is 11.6 Å². The van der Waals surface area contributed by atoms with E-state index >= 15 is 0 Å². The van der Waals surface area contributed by atoms with Crippen molar-refractivity contribution >= 4 is 35.2 Å². The maximum Gasteiger partial charge on any atom is 0.357 e. The standard InChI is InChI=1S/C21H20ClN3O3S/c1-14(19(26)23-12-15-8-10-16(22)11-9-15)28-20(27)18-13-24-21(29-2)25(18)17-6-4-3-5-7-17/h3-11,13-14H,12H2,1-2H3,(H,23,26). The lowest BCUT2D eigenvalue weighted by Crippen LogP contribution is -2.35. The Balaban J connectivity index is 1.67. The molecule has 1 atom stereocenters. The topological polar surface area (TPSA) is 73.2 Å². The zero-order valence-corrected chi connectivity index (χ0v) is 17.5. The van der Waals surface area contributed by atoms with Crippen molar-refractivity contribution in [3.05, 3.63) is 77.1 Å². The van der Waals surface area contributed by atoms with Crippen LogP contribution in [0.3, 0.4) is 0 Å². The van der Waals surface area contributed by atoms with Gasteiger partial charge in [-0.1, -0.05) is 53.7 Å². The van der Waals surface area contributed by atoms with E-state index in [0.29, 0.717) is 16.7 Å². The van der Waals surface area contributed by atoms with Crippen molar-refractivity contribution in [3.63, 3.8) is 0 Å². The van der Waals surface area contributed by atoms with Crippen LogP contribution in [0.25, 0.3) is 5.69 Å². The maximum absolute atomic E-state index is 12.7. The van der Waals surface area contributed by atoms with Crippen LogP contribution in [0.1, 0.15) is 23.0 Å². The van der Waals surface area contributed by atoms with E-state index in [0.717, 1.165) is 11.3 Å². The fourth-order valence-corrected chi connectivity index (χ4v) is 3.33. The molecule has 1 heterocycles. The van der Waals surface area contributed by atoms with Gasteiger partial charge in [0.15, 0.2) is 17.0 Å². The van der Waals surface area contributed by atoms with Crippen molar-refractivity contribution in [1.29, 1.82) is 0 Å². The molecule has 3 rings (SSSR count). The Labute approximate surface area is 178 Å². The number of benzene rings is 2. The second-order valence-electron chi connectivity index (χ2n) is 6.19. The molecule has 6 nitrogen and oxygen atoms in total. The second kappa shape index (κ2) is 9.62. The fraction of sp³-hybridized carbons (Fsp3) is 0.190. The highest BCUT2D eigenvalue weighted by molar-refractivity contribution is 7.98. The summed E-state index contributed by atoms with van der Waals surface area (Å²) >= 11 is 7.27. The number of hydrogen-bond donors (Lipinski definition) is 1. The number of carbonyl (C=O) groups excluding carboxylic acids is 2. The molecule has 0 aliphatic rings. The number of imidazole rings is 1. The highest BCUT2D eigenvalue weighted by Crippen LogP contribution is 2.22. The Morgan fingerprint density at radius 3 is 2.52 bits per heavy atom. The van der Waals surface area contributed by atoms with E-state index in [2.05, 4.69) is 10.3 Å². The minimum Gasteiger partial charge on any atom is -0.448 e. The molecule has 150 valence electrons. The van der Waals surface area contributed by atoms with Crippen LogP contribution in [-0.4, -0.2) is 33.8 Å². The number of halogens is 1. The molecule has 1 amide bonds. The summed E-state index contributed by atoms with van der Waals surface area (Å²) in [5.74, 6) is -1.00. The van der Waals surface area contributed by atoms with E-state index in [1.807, 2.05) is 48.7 Å². The SMILES string of the molecule is CSc1ncc(C(=O)OC(C)C(=O)NCc2ccc(Cl)cc2)n1-c1ccccc1. The Hall–Kier alpha value is -2.77. The number of rotatable bonds is 7. The van der Waals surface area contributed by atoms with Gasteiger partial charge in [-0.3, -0.25) is 9.36 Å². The molecule has 1 unspecified atom stereocenters. The molecule has 0 aliphatic carbocycles. The van der Waals surface area contributed by atoms with E-state index < -0.39 is 12.1 Å². The zero-order valence-electron chi connectivity index (χ0n) is 16.0. The lowest BCUT2D eigenvalue weighted by molar-refractivity contribution is -0.129. The number of ether oxygens (including phenoxy) is 1. The summed E-state index contributed by atoms with van der Waals surface area (Å²) in [5, 5.41) is 4.03. The molecule has 29 heavy (non-hydrogen) atoms. The van der Waals surface area contributed by atoms with Crippen LogP contribution < -0.4 is 5.32 Å². The van der Waals surface area contributed by atoms with Crippen LogP contribution in [0.4, 0.5) is 0 Å². The molecular formula is C21H20ClN3O3S. The molecule has 1 N–H and O–H groups in total. The predicted molar refractivity (Wildman–Crippen MR) is 114 cm³/mol. The van der Waals surface area contributed by atoms with Gasteiger partial charge in [0, 0.05) is 17.3 Å².